The molecule has 3 heterocycles. The Bertz CT molecular complexity index is 792. The summed E-state index contributed by atoms with van der Waals surface area (Å²) >= 11 is 8.92. The molecule has 1 fully saturated rings. The monoisotopic (exact) mass is 428 g/mol. The molecule has 7 nitrogen and oxygen atoms in total. The van der Waals surface area contributed by atoms with Gasteiger partial charge in [0.2, 0.25) is 0 Å². The lowest BCUT2D eigenvalue weighted by Gasteiger charge is -2.27. The molecule has 1 unspecified atom stereocenters. The number of thiophene rings is 1. The van der Waals surface area contributed by atoms with Crippen molar-refractivity contribution in [1.29, 1.82) is 0 Å². The summed E-state index contributed by atoms with van der Waals surface area (Å²) in [5, 5.41) is 7.18. The summed E-state index contributed by atoms with van der Waals surface area (Å²) in [5.41, 5.74) is 1.75. The van der Waals surface area contributed by atoms with Crippen molar-refractivity contribution in [1.82, 2.24) is 19.4 Å². The molecule has 0 radical (unpaired) electrons. The third-order valence-corrected chi connectivity index (χ3v) is 6.93. The van der Waals surface area contributed by atoms with E-state index in [9.17, 15) is 4.79 Å². The number of likely N-dealkylation sites (N-methyl/N-ethyl adjacent to an activating group) is 1. The Morgan fingerprint density at radius 1 is 1.48 bits per heavy atom. The lowest BCUT2D eigenvalue weighted by Crippen LogP contribution is -2.36. The van der Waals surface area contributed by atoms with Gasteiger partial charge in [0.15, 0.2) is 0 Å². The summed E-state index contributed by atoms with van der Waals surface area (Å²) in [4.78, 5) is 15.8. The molecule has 0 aliphatic carbocycles. The topological polar surface area (TPSA) is 65.4 Å². The maximum absolute atomic E-state index is 12.5. The zero-order valence-corrected chi connectivity index (χ0v) is 18.3. The Morgan fingerprint density at radius 3 is 2.85 bits per heavy atom. The van der Waals surface area contributed by atoms with E-state index in [0.717, 1.165) is 35.8 Å². The molecule has 1 aliphatic heterocycles. The maximum atomic E-state index is 12.5. The summed E-state index contributed by atoms with van der Waals surface area (Å²) in [6.45, 7) is 6.16. The van der Waals surface area contributed by atoms with E-state index < -0.39 is 0 Å². The van der Waals surface area contributed by atoms with Gasteiger partial charge in [-0.2, -0.15) is 5.10 Å². The normalized spacial score (nSPS) is 17.5. The average molecular weight is 429 g/mol. The summed E-state index contributed by atoms with van der Waals surface area (Å²) in [5.74, 6) is 0.298. The highest BCUT2D eigenvalue weighted by molar-refractivity contribution is 7.99. The van der Waals surface area contributed by atoms with E-state index in [1.54, 1.807) is 10.7 Å². The second-order valence-corrected chi connectivity index (χ2v) is 9.53. The van der Waals surface area contributed by atoms with E-state index in [-0.39, 0.29) is 6.03 Å². The molecule has 2 aromatic heterocycles. The molecular weight excluding hydrogens is 404 g/mol. The highest BCUT2D eigenvalue weighted by atomic mass is 35.5. The molecule has 2 N–H and O–H groups in total. The van der Waals surface area contributed by atoms with Crippen LogP contribution < -0.4 is 14.3 Å². The van der Waals surface area contributed by atoms with Gasteiger partial charge < -0.3 is 10.2 Å². The van der Waals surface area contributed by atoms with Gasteiger partial charge >= 0.3 is 6.03 Å². The minimum absolute atomic E-state index is 0.267. The first kappa shape index (κ1) is 20.3. The van der Waals surface area contributed by atoms with Crippen LogP contribution in [0.25, 0.3) is 0 Å². The fourth-order valence-corrected chi connectivity index (χ4v) is 5.06. The third kappa shape index (κ3) is 5.10. The fraction of sp³-hybridized carbons (Fsp3) is 0.529. The molecule has 1 saturated heterocycles. The number of nitrogens with zero attached hydrogens (tertiary/aromatic N) is 4. The number of carbonyl (C=O) groups is 1. The molecule has 0 aromatic carbocycles. The average Bonchev–Trinajstić information content (AvgIpc) is 3.29. The molecule has 0 bridgehead atoms. The van der Waals surface area contributed by atoms with E-state index in [2.05, 4.69) is 45.2 Å². The number of carbonyl (C=O) groups excluding carboxylic acids is 1. The second-order valence-electron chi connectivity index (χ2n) is 7.03. The number of hydrogen-bond acceptors (Lipinski definition) is 6. The fourth-order valence-electron chi connectivity index (χ4n) is 3.10. The molecule has 148 valence electrons. The van der Waals surface area contributed by atoms with Gasteiger partial charge in [-0.1, -0.05) is 25.4 Å². The van der Waals surface area contributed by atoms with Gasteiger partial charge in [-0.05, 0) is 32.0 Å². The standard InChI is InChI=1S/C17H25ClN6OS2/c1-11(2)16-14(7-15(18)26-16)20-17(25)21-27-24(12-5-6-22(3)9-12)13-8-19-23(4)10-13/h7-8,10-12H,5-6,9H2,1-4H3,(H2,20,21,25). The Balaban J connectivity index is 1.65. The van der Waals surface area contributed by atoms with Gasteiger partial charge in [-0.3, -0.25) is 13.7 Å². The summed E-state index contributed by atoms with van der Waals surface area (Å²) in [7, 11) is 4.00. The number of aromatic nitrogens is 2. The van der Waals surface area contributed by atoms with Crippen molar-refractivity contribution in [2.75, 3.05) is 29.8 Å². The Kier molecular flexibility index (Phi) is 6.56. The molecular formula is C17H25ClN6OS2. The number of urea groups is 1. The van der Waals surface area contributed by atoms with E-state index in [1.165, 1.54) is 23.5 Å². The van der Waals surface area contributed by atoms with Crippen molar-refractivity contribution in [3.8, 4) is 0 Å². The van der Waals surface area contributed by atoms with Crippen LogP contribution in [0.2, 0.25) is 4.34 Å². The molecule has 27 heavy (non-hydrogen) atoms. The highest BCUT2D eigenvalue weighted by Gasteiger charge is 2.28. The highest BCUT2D eigenvalue weighted by Crippen LogP contribution is 2.36. The quantitative estimate of drug-likeness (QED) is 0.676. The zero-order valence-electron chi connectivity index (χ0n) is 15.9. The molecule has 10 heteroatoms. The number of nitrogens with one attached hydrogen (secondary N) is 2. The number of anilines is 2. The lowest BCUT2D eigenvalue weighted by molar-refractivity contribution is 0.257. The second kappa shape index (κ2) is 8.72. The zero-order chi connectivity index (χ0) is 19.6. The van der Waals surface area contributed by atoms with Crippen molar-refractivity contribution >= 4 is 52.5 Å². The number of likely N-dealkylation sites (tertiary alicyclic amines) is 1. The van der Waals surface area contributed by atoms with Crippen molar-refractivity contribution < 1.29 is 4.79 Å². The van der Waals surface area contributed by atoms with Gasteiger partial charge in [-0.25, -0.2) is 4.79 Å². The lowest BCUT2D eigenvalue weighted by atomic mass is 10.1. The minimum Gasteiger partial charge on any atom is -0.306 e. The van der Waals surface area contributed by atoms with Crippen LogP contribution >= 0.6 is 35.1 Å². The largest absolute Gasteiger partial charge is 0.330 e. The predicted octanol–water partition coefficient (Wildman–Crippen LogP) is 4.15. The van der Waals surface area contributed by atoms with Crippen LogP contribution in [0.5, 0.6) is 0 Å². The van der Waals surface area contributed by atoms with Crippen molar-refractivity contribution in [3.63, 3.8) is 0 Å². The predicted molar refractivity (Wildman–Crippen MR) is 115 cm³/mol. The van der Waals surface area contributed by atoms with Gasteiger partial charge in [-0.15, -0.1) is 11.3 Å². The van der Waals surface area contributed by atoms with Crippen molar-refractivity contribution in [3.05, 3.63) is 27.7 Å². The van der Waals surface area contributed by atoms with Crippen LogP contribution in [0.1, 0.15) is 31.1 Å². The summed E-state index contributed by atoms with van der Waals surface area (Å²) in [6.07, 6.45) is 4.82. The van der Waals surface area contributed by atoms with E-state index in [1.807, 2.05) is 19.4 Å². The Labute approximate surface area is 173 Å². The smallest absolute Gasteiger partial charge is 0.306 e. The van der Waals surface area contributed by atoms with Crippen LogP contribution in [0.15, 0.2) is 18.5 Å². The number of hydrogen-bond donors (Lipinski definition) is 2. The molecule has 1 aliphatic rings. The van der Waals surface area contributed by atoms with Crippen LogP contribution in [0, 0.1) is 0 Å². The number of rotatable bonds is 6. The van der Waals surface area contributed by atoms with Crippen LogP contribution in [-0.2, 0) is 7.05 Å². The van der Waals surface area contributed by atoms with Gasteiger partial charge in [0.05, 0.1) is 40.1 Å². The van der Waals surface area contributed by atoms with Gasteiger partial charge in [0.25, 0.3) is 0 Å². The van der Waals surface area contributed by atoms with E-state index >= 15 is 0 Å². The molecule has 2 amide bonds. The first-order valence-corrected chi connectivity index (χ1v) is 10.8. The van der Waals surface area contributed by atoms with E-state index in [4.69, 9.17) is 11.6 Å². The summed E-state index contributed by atoms with van der Waals surface area (Å²) < 4.78 is 7.47. The number of amides is 2. The minimum atomic E-state index is -0.267. The first-order chi connectivity index (χ1) is 12.8. The number of aryl methyl sites for hydroxylation is 1. The first-order valence-electron chi connectivity index (χ1n) is 8.83. The Morgan fingerprint density at radius 2 is 2.26 bits per heavy atom. The summed E-state index contributed by atoms with van der Waals surface area (Å²) in [6, 6.07) is 1.85. The van der Waals surface area contributed by atoms with E-state index in [0.29, 0.717) is 16.3 Å². The Hall–Kier alpha value is -1.42. The number of halogens is 1. The molecule has 2 aromatic rings. The van der Waals surface area contributed by atoms with Crippen LogP contribution in [0.3, 0.4) is 0 Å². The van der Waals surface area contributed by atoms with Crippen molar-refractivity contribution in [2.24, 2.45) is 7.05 Å². The van der Waals surface area contributed by atoms with Gasteiger partial charge in [0.1, 0.15) is 0 Å². The SMILES string of the molecule is CC(C)c1sc(Cl)cc1NC(=O)NSN(c1cnn(C)c1)C1CCN(C)C1. The van der Waals surface area contributed by atoms with Crippen molar-refractivity contribution in [2.45, 2.75) is 32.2 Å². The van der Waals surface area contributed by atoms with Gasteiger partial charge in [0, 0.05) is 24.7 Å². The van der Waals surface area contributed by atoms with Crippen LogP contribution in [-0.4, -0.2) is 46.9 Å². The molecule has 3 rings (SSSR count). The molecule has 1 atom stereocenters. The third-order valence-electron chi connectivity index (χ3n) is 4.38. The molecule has 0 spiro atoms. The van der Waals surface area contributed by atoms with Crippen LogP contribution in [0.4, 0.5) is 16.2 Å². The maximum Gasteiger partial charge on any atom is 0.330 e. The molecule has 0 saturated carbocycles.